The van der Waals surface area contributed by atoms with Gasteiger partial charge in [-0.05, 0) is 54.4 Å². The summed E-state index contributed by atoms with van der Waals surface area (Å²) < 4.78 is 18.8. The Morgan fingerprint density at radius 2 is 1.59 bits per heavy atom. The van der Waals surface area contributed by atoms with Gasteiger partial charge in [-0.2, -0.15) is 0 Å². The van der Waals surface area contributed by atoms with Gasteiger partial charge in [0.25, 0.3) is 5.91 Å². The van der Waals surface area contributed by atoms with Crippen molar-refractivity contribution in [2.45, 2.75) is 12.8 Å². The lowest BCUT2D eigenvalue weighted by Gasteiger charge is -2.10. The highest BCUT2D eigenvalue weighted by Gasteiger charge is 2.10. The largest absolute Gasteiger partial charge is 0.495 e. The first-order chi connectivity index (χ1) is 14.1. The van der Waals surface area contributed by atoms with Gasteiger partial charge in [-0.25, -0.2) is 4.39 Å². The summed E-state index contributed by atoms with van der Waals surface area (Å²) >= 11 is 0. The fourth-order valence-electron chi connectivity index (χ4n) is 2.82. The third kappa shape index (κ3) is 5.42. The minimum Gasteiger partial charge on any atom is -0.495 e. The number of anilines is 2. The summed E-state index contributed by atoms with van der Waals surface area (Å²) in [5.74, 6) is -0.253. The van der Waals surface area contributed by atoms with Gasteiger partial charge in [0.05, 0.1) is 12.8 Å². The topological polar surface area (TPSA) is 67.4 Å². The SMILES string of the molecule is COc1ccccc1NC(=O)c1ccc(NC(=O)CCc2ccccc2F)cc1. The average Bonchev–Trinajstić information content (AvgIpc) is 2.74. The molecule has 0 saturated heterocycles. The number of carbonyl (C=O) groups excluding carboxylic acids is 2. The Bertz CT molecular complexity index is 1000. The van der Waals surface area contributed by atoms with Crippen LogP contribution in [0, 0.1) is 5.82 Å². The van der Waals surface area contributed by atoms with Crippen LogP contribution in [0.5, 0.6) is 5.75 Å². The molecule has 3 aromatic rings. The van der Waals surface area contributed by atoms with Crippen molar-refractivity contribution in [3.05, 3.63) is 89.7 Å². The van der Waals surface area contributed by atoms with Crippen molar-refractivity contribution in [3.63, 3.8) is 0 Å². The van der Waals surface area contributed by atoms with E-state index in [-0.39, 0.29) is 24.1 Å². The van der Waals surface area contributed by atoms with Crippen LogP contribution in [0.15, 0.2) is 72.8 Å². The van der Waals surface area contributed by atoms with Crippen LogP contribution in [0.3, 0.4) is 0 Å². The Labute approximate surface area is 168 Å². The molecule has 0 aliphatic carbocycles. The van der Waals surface area contributed by atoms with Gasteiger partial charge in [-0.1, -0.05) is 30.3 Å². The maximum absolute atomic E-state index is 13.6. The highest BCUT2D eigenvalue weighted by molar-refractivity contribution is 6.05. The highest BCUT2D eigenvalue weighted by atomic mass is 19.1. The molecule has 0 unspecified atom stereocenters. The van der Waals surface area contributed by atoms with Crippen LogP contribution in [0.4, 0.5) is 15.8 Å². The quantitative estimate of drug-likeness (QED) is 0.615. The van der Waals surface area contributed by atoms with Crippen molar-refractivity contribution in [2.75, 3.05) is 17.7 Å². The van der Waals surface area contributed by atoms with Crippen LogP contribution in [0.1, 0.15) is 22.3 Å². The van der Waals surface area contributed by atoms with Gasteiger partial charge in [-0.15, -0.1) is 0 Å². The predicted octanol–water partition coefficient (Wildman–Crippen LogP) is 4.66. The second kappa shape index (κ2) is 9.50. The second-order valence-electron chi connectivity index (χ2n) is 6.37. The van der Waals surface area contributed by atoms with E-state index in [1.165, 1.54) is 13.2 Å². The number of rotatable bonds is 7. The molecule has 29 heavy (non-hydrogen) atoms. The predicted molar refractivity (Wildman–Crippen MR) is 111 cm³/mol. The molecule has 0 aliphatic heterocycles. The number of nitrogens with one attached hydrogen (secondary N) is 2. The monoisotopic (exact) mass is 392 g/mol. The molecule has 0 spiro atoms. The van der Waals surface area contributed by atoms with Crippen molar-refractivity contribution < 1.29 is 18.7 Å². The lowest BCUT2D eigenvalue weighted by Crippen LogP contribution is -2.14. The molecule has 0 aromatic heterocycles. The number of amides is 2. The molecule has 0 fully saturated rings. The zero-order chi connectivity index (χ0) is 20.6. The average molecular weight is 392 g/mol. The second-order valence-corrected chi connectivity index (χ2v) is 6.37. The summed E-state index contributed by atoms with van der Waals surface area (Å²) in [5, 5.41) is 5.55. The molecule has 0 heterocycles. The fraction of sp³-hybridized carbons (Fsp3) is 0.130. The van der Waals surface area contributed by atoms with E-state index >= 15 is 0 Å². The van der Waals surface area contributed by atoms with Crippen LogP contribution in [0.2, 0.25) is 0 Å². The first-order valence-corrected chi connectivity index (χ1v) is 9.14. The molecule has 0 atom stereocenters. The number of hydrogen-bond acceptors (Lipinski definition) is 3. The first kappa shape index (κ1) is 20.1. The molecule has 0 saturated carbocycles. The van der Waals surface area contributed by atoms with Crippen molar-refractivity contribution in [3.8, 4) is 5.75 Å². The molecule has 0 aliphatic rings. The number of para-hydroxylation sites is 2. The Morgan fingerprint density at radius 3 is 2.31 bits per heavy atom. The zero-order valence-corrected chi connectivity index (χ0v) is 15.9. The summed E-state index contributed by atoms with van der Waals surface area (Å²) in [6, 6.07) is 20.1. The summed E-state index contributed by atoms with van der Waals surface area (Å²) in [5.41, 5.74) is 2.09. The molecule has 2 N–H and O–H groups in total. The van der Waals surface area contributed by atoms with E-state index in [0.717, 1.165) is 0 Å². The Hall–Kier alpha value is -3.67. The molecule has 5 nitrogen and oxygen atoms in total. The van der Waals surface area contributed by atoms with E-state index in [0.29, 0.717) is 34.7 Å². The molecule has 0 radical (unpaired) electrons. The minimum absolute atomic E-state index is 0.164. The highest BCUT2D eigenvalue weighted by Crippen LogP contribution is 2.24. The molecule has 148 valence electrons. The number of ether oxygens (including phenoxy) is 1. The fourth-order valence-corrected chi connectivity index (χ4v) is 2.82. The number of methoxy groups -OCH3 is 1. The number of aryl methyl sites for hydroxylation is 1. The Morgan fingerprint density at radius 1 is 0.897 bits per heavy atom. The summed E-state index contributed by atoms with van der Waals surface area (Å²) in [4.78, 5) is 24.5. The van der Waals surface area contributed by atoms with E-state index in [9.17, 15) is 14.0 Å². The molecule has 3 rings (SSSR count). The summed E-state index contributed by atoms with van der Waals surface area (Å²) in [6.45, 7) is 0. The van der Waals surface area contributed by atoms with Crippen LogP contribution < -0.4 is 15.4 Å². The summed E-state index contributed by atoms with van der Waals surface area (Å²) in [6.07, 6.45) is 0.481. The van der Waals surface area contributed by atoms with E-state index in [1.807, 2.05) is 6.07 Å². The van der Waals surface area contributed by atoms with Crippen LogP contribution in [-0.2, 0) is 11.2 Å². The standard InChI is InChI=1S/C23H21FN2O3/c1-29-21-9-5-4-8-20(21)26-23(28)17-10-13-18(14-11-17)25-22(27)15-12-16-6-2-3-7-19(16)24/h2-11,13-14H,12,15H2,1H3,(H,25,27)(H,26,28). The maximum atomic E-state index is 13.6. The number of halogens is 1. The molecule has 3 aromatic carbocycles. The van der Waals surface area contributed by atoms with Gasteiger partial charge in [0, 0.05) is 17.7 Å². The minimum atomic E-state index is -0.314. The van der Waals surface area contributed by atoms with Gasteiger partial charge in [0.2, 0.25) is 5.91 Å². The van der Waals surface area contributed by atoms with Crippen molar-refractivity contribution in [2.24, 2.45) is 0 Å². The molecule has 6 heteroatoms. The van der Waals surface area contributed by atoms with Crippen molar-refractivity contribution in [1.82, 2.24) is 0 Å². The van der Waals surface area contributed by atoms with Crippen LogP contribution in [0.25, 0.3) is 0 Å². The third-order valence-electron chi connectivity index (χ3n) is 4.37. The van der Waals surface area contributed by atoms with Crippen molar-refractivity contribution in [1.29, 1.82) is 0 Å². The van der Waals surface area contributed by atoms with Gasteiger partial charge in [0.1, 0.15) is 11.6 Å². The lowest BCUT2D eigenvalue weighted by atomic mass is 10.1. The van der Waals surface area contributed by atoms with Gasteiger partial charge < -0.3 is 15.4 Å². The lowest BCUT2D eigenvalue weighted by molar-refractivity contribution is -0.116. The number of carbonyl (C=O) groups is 2. The Balaban J connectivity index is 1.56. The van der Waals surface area contributed by atoms with Crippen LogP contribution >= 0.6 is 0 Å². The maximum Gasteiger partial charge on any atom is 0.255 e. The summed E-state index contributed by atoms with van der Waals surface area (Å²) in [7, 11) is 1.54. The van der Waals surface area contributed by atoms with E-state index in [2.05, 4.69) is 10.6 Å². The molecule has 2 amide bonds. The van der Waals surface area contributed by atoms with Gasteiger partial charge in [0.15, 0.2) is 0 Å². The van der Waals surface area contributed by atoms with E-state index < -0.39 is 0 Å². The molecular formula is C23H21FN2O3. The number of hydrogen-bond donors (Lipinski definition) is 2. The zero-order valence-electron chi connectivity index (χ0n) is 15.9. The molecule has 0 bridgehead atoms. The first-order valence-electron chi connectivity index (χ1n) is 9.14. The normalized spacial score (nSPS) is 10.3. The molecular weight excluding hydrogens is 371 g/mol. The van der Waals surface area contributed by atoms with Gasteiger partial charge in [-0.3, -0.25) is 9.59 Å². The van der Waals surface area contributed by atoms with Crippen LogP contribution in [-0.4, -0.2) is 18.9 Å². The number of benzene rings is 3. The Kier molecular flexibility index (Phi) is 6.58. The van der Waals surface area contributed by atoms with E-state index in [4.69, 9.17) is 4.74 Å². The van der Waals surface area contributed by atoms with Gasteiger partial charge >= 0.3 is 0 Å². The smallest absolute Gasteiger partial charge is 0.255 e. The van der Waals surface area contributed by atoms with E-state index in [1.54, 1.807) is 60.7 Å². The third-order valence-corrected chi connectivity index (χ3v) is 4.37. The van der Waals surface area contributed by atoms with Crippen molar-refractivity contribution >= 4 is 23.2 Å².